The molecule has 0 unspecified atom stereocenters. The average molecular weight is 253 g/mol. The zero-order valence-electron chi connectivity index (χ0n) is 10.7. The SMILES string of the molecule is CCCC[C@H](NC(=O)Cc1ccnn1C)C(=O)O. The number of rotatable bonds is 7. The molecule has 0 aliphatic carbocycles. The molecule has 0 spiro atoms. The van der Waals surface area contributed by atoms with E-state index in [0.717, 1.165) is 18.5 Å². The number of aromatic nitrogens is 2. The summed E-state index contributed by atoms with van der Waals surface area (Å²) in [6, 6.07) is 0.937. The summed E-state index contributed by atoms with van der Waals surface area (Å²) in [6.07, 6.45) is 3.90. The highest BCUT2D eigenvalue weighted by Crippen LogP contribution is 2.03. The van der Waals surface area contributed by atoms with Crippen molar-refractivity contribution < 1.29 is 14.7 Å². The van der Waals surface area contributed by atoms with Crippen LogP contribution in [0.2, 0.25) is 0 Å². The third kappa shape index (κ3) is 4.20. The third-order valence-electron chi connectivity index (χ3n) is 2.74. The molecule has 6 heteroatoms. The van der Waals surface area contributed by atoms with Gasteiger partial charge < -0.3 is 10.4 Å². The minimum atomic E-state index is -0.984. The number of unbranched alkanes of at least 4 members (excludes halogenated alkanes) is 1. The molecule has 0 aliphatic heterocycles. The van der Waals surface area contributed by atoms with Gasteiger partial charge in [0.1, 0.15) is 6.04 Å². The molecule has 0 aromatic carbocycles. The summed E-state index contributed by atoms with van der Waals surface area (Å²) in [7, 11) is 1.74. The number of aliphatic carboxylic acids is 1. The molecule has 1 amide bonds. The number of carbonyl (C=O) groups excluding carboxylic acids is 1. The molecule has 1 aromatic heterocycles. The van der Waals surface area contributed by atoms with Gasteiger partial charge in [0.05, 0.1) is 6.42 Å². The van der Waals surface area contributed by atoms with Crippen LogP contribution in [0, 0.1) is 0 Å². The van der Waals surface area contributed by atoms with Crippen molar-refractivity contribution in [1.29, 1.82) is 0 Å². The molecule has 1 heterocycles. The first kappa shape index (κ1) is 14.2. The van der Waals surface area contributed by atoms with Crippen molar-refractivity contribution in [3.63, 3.8) is 0 Å². The lowest BCUT2D eigenvalue weighted by atomic mass is 10.1. The summed E-state index contributed by atoms with van der Waals surface area (Å²) in [4.78, 5) is 22.7. The van der Waals surface area contributed by atoms with E-state index in [-0.39, 0.29) is 12.3 Å². The van der Waals surface area contributed by atoms with Crippen molar-refractivity contribution in [1.82, 2.24) is 15.1 Å². The molecular weight excluding hydrogens is 234 g/mol. The Labute approximate surface area is 106 Å². The van der Waals surface area contributed by atoms with Crippen LogP contribution in [0.5, 0.6) is 0 Å². The molecule has 2 N–H and O–H groups in total. The van der Waals surface area contributed by atoms with E-state index in [0.29, 0.717) is 6.42 Å². The van der Waals surface area contributed by atoms with Gasteiger partial charge in [-0.1, -0.05) is 19.8 Å². The zero-order chi connectivity index (χ0) is 13.5. The Balaban J connectivity index is 2.51. The highest BCUT2D eigenvalue weighted by atomic mass is 16.4. The molecule has 18 heavy (non-hydrogen) atoms. The van der Waals surface area contributed by atoms with E-state index in [2.05, 4.69) is 10.4 Å². The molecule has 0 bridgehead atoms. The summed E-state index contributed by atoms with van der Waals surface area (Å²) in [5, 5.41) is 15.5. The van der Waals surface area contributed by atoms with Crippen LogP contribution in [0.4, 0.5) is 0 Å². The lowest BCUT2D eigenvalue weighted by Crippen LogP contribution is -2.41. The van der Waals surface area contributed by atoms with Crippen LogP contribution in [0.25, 0.3) is 0 Å². The summed E-state index contributed by atoms with van der Waals surface area (Å²) < 4.78 is 1.60. The lowest BCUT2D eigenvalue weighted by molar-refractivity contribution is -0.142. The van der Waals surface area contributed by atoms with Gasteiger partial charge in [0.2, 0.25) is 5.91 Å². The van der Waals surface area contributed by atoms with Crippen LogP contribution in [-0.4, -0.2) is 32.8 Å². The van der Waals surface area contributed by atoms with E-state index in [4.69, 9.17) is 5.11 Å². The second-order valence-corrected chi connectivity index (χ2v) is 4.22. The van der Waals surface area contributed by atoms with Gasteiger partial charge in [-0.15, -0.1) is 0 Å². The highest BCUT2D eigenvalue weighted by Gasteiger charge is 2.19. The topological polar surface area (TPSA) is 84.2 Å². The second kappa shape index (κ2) is 6.78. The maximum absolute atomic E-state index is 11.7. The quantitative estimate of drug-likeness (QED) is 0.750. The molecule has 1 atom stereocenters. The van der Waals surface area contributed by atoms with Crippen LogP contribution >= 0.6 is 0 Å². The molecule has 0 fully saturated rings. The van der Waals surface area contributed by atoms with Crippen molar-refractivity contribution in [3.8, 4) is 0 Å². The van der Waals surface area contributed by atoms with Crippen LogP contribution in [0.3, 0.4) is 0 Å². The number of nitrogens with zero attached hydrogens (tertiary/aromatic N) is 2. The standard InChI is InChI=1S/C12H19N3O3/c1-3-4-5-10(12(17)18)14-11(16)8-9-6-7-13-15(9)2/h6-7,10H,3-5,8H2,1-2H3,(H,14,16)(H,17,18)/t10-/m0/s1. The third-order valence-corrected chi connectivity index (χ3v) is 2.74. The van der Waals surface area contributed by atoms with Crippen molar-refractivity contribution in [2.45, 2.75) is 38.6 Å². The van der Waals surface area contributed by atoms with Crippen LogP contribution in [0.15, 0.2) is 12.3 Å². The van der Waals surface area contributed by atoms with Gasteiger partial charge in [-0.2, -0.15) is 5.10 Å². The number of hydrogen-bond donors (Lipinski definition) is 2. The Hall–Kier alpha value is -1.85. The molecular formula is C12H19N3O3. The Morgan fingerprint density at radius 3 is 2.78 bits per heavy atom. The van der Waals surface area contributed by atoms with E-state index in [9.17, 15) is 9.59 Å². The summed E-state index contributed by atoms with van der Waals surface area (Å²) in [5.74, 6) is -1.27. The Kier molecular flexibility index (Phi) is 5.35. The molecule has 1 rings (SSSR count). The zero-order valence-corrected chi connectivity index (χ0v) is 10.7. The van der Waals surface area contributed by atoms with Crippen LogP contribution in [0.1, 0.15) is 31.9 Å². The molecule has 100 valence electrons. The predicted molar refractivity (Wildman–Crippen MR) is 66.0 cm³/mol. The number of carboxylic acid groups (broad SMARTS) is 1. The minimum Gasteiger partial charge on any atom is -0.480 e. The maximum Gasteiger partial charge on any atom is 0.326 e. The van der Waals surface area contributed by atoms with Gasteiger partial charge in [-0.05, 0) is 12.5 Å². The number of carboxylic acids is 1. The number of hydrogen-bond acceptors (Lipinski definition) is 3. The predicted octanol–water partition coefficient (Wildman–Crippen LogP) is 0.722. The summed E-state index contributed by atoms with van der Waals surface area (Å²) in [5.41, 5.74) is 0.757. The fourth-order valence-corrected chi connectivity index (χ4v) is 1.65. The monoisotopic (exact) mass is 253 g/mol. The van der Waals surface area contributed by atoms with Gasteiger partial charge in [0.25, 0.3) is 0 Å². The van der Waals surface area contributed by atoms with E-state index in [1.54, 1.807) is 24.0 Å². The number of carbonyl (C=O) groups is 2. The van der Waals surface area contributed by atoms with Gasteiger partial charge in [0.15, 0.2) is 0 Å². The fourth-order valence-electron chi connectivity index (χ4n) is 1.65. The molecule has 6 nitrogen and oxygen atoms in total. The first-order valence-corrected chi connectivity index (χ1v) is 6.03. The maximum atomic E-state index is 11.7. The van der Waals surface area contributed by atoms with E-state index in [1.165, 1.54) is 0 Å². The Morgan fingerprint density at radius 2 is 2.28 bits per heavy atom. The minimum absolute atomic E-state index is 0.145. The van der Waals surface area contributed by atoms with Gasteiger partial charge in [-0.25, -0.2) is 4.79 Å². The number of nitrogens with one attached hydrogen (secondary N) is 1. The number of aryl methyl sites for hydroxylation is 1. The van der Waals surface area contributed by atoms with Crippen molar-refractivity contribution in [2.75, 3.05) is 0 Å². The molecule has 0 saturated carbocycles. The molecule has 0 aliphatic rings. The van der Waals surface area contributed by atoms with Crippen molar-refractivity contribution >= 4 is 11.9 Å². The molecule has 1 aromatic rings. The molecule has 0 radical (unpaired) electrons. The van der Waals surface area contributed by atoms with Crippen molar-refractivity contribution in [3.05, 3.63) is 18.0 Å². The van der Waals surface area contributed by atoms with Crippen LogP contribution in [-0.2, 0) is 23.1 Å². The highest BCUT2D eigenvalue weighted by molar-refractivity contribution is 5.84. The first-order chi connectivity index (χ1) is 8.54. The average Bonchev–Trinajstić information content (AvgIpc) is 2.70. The molecule has 0 saturated heterocycles. The summed E-state index contributed by atoms with van der Waals surface area (Å²) >= 11 is 0. The first-order valence-electron chi connectivity index (χ1n) is 6.03. The van der Waals surface area contributed by atoms with Gasteiger partial charge >= 0.3 is 5.97 Å². The van der Waals surface area contributed by atoms with Gasteiger partial charge in [-0.3, -0.25) is 9.48 Å². The summed E-state index contributed by atoms with van der Waals surface area (Å²) in [6.45, 7) is 1.98. The lowest BCUT2D eigenvalue weighted by Gasteiger charge is -2.14. The van der Waals surface area contributed by atoms with E-state index >= 15 is 0 Å². The number of amides is 1. The smallest absolute Gasteiger partial charge is 0.326 e. The Morgan fingerprint density at radius 1 is 1.56 bits per heavy atom. The van der Waals surface area contributed by atoms with E-state index in [1.807, 2.05) is 6.92 Å². The normalized spacial score (nSPS) is 12.1. The van der Waals surface area contributed by atoms with Crippen molar-refractivity contribution in [2.24, 2.45) is 7.05 Å². The largest absolute Gasteiger partial charge is 0.480 e. The van der Waals surface area contributed by atoms with Gasteiger partial charge in [0, 0.05) is 18.9 Å². The van der Waals surface area contributed by atoms with E-state index < -0.39 is 12.0 Å². The Bertz CT molecular complexity index is 414. The fraction of sp³-hybridized carbons (Fsp3) is 0.583. The van der Waals surface area contributed by atoms with Crippen LogP contribution < -0.4 is 5.32 Å². The second-order valence-electron chi connectivity index (χ2n) is 4.22.